The summed E-state index contributed by atoms with van der Waals surface area (Å²) < 4.78 is 0. The van der Waals surface area contributed by atoms with Crippen molar-refractivity contribution < 1.29 is 24.3 Å². The van der Waals surface area contributed by atoms with Crippen molar-refractivity contribution in [2.24, 2.45) is 5.73 Å². The highest BCUT2D eigenvalue weighted by Crippen LogP contribution is 2.26. The topological polar surface area (TPSA) is 149 Å². The Bertz CT molecular complexity index is 1150. The maximum Gasteiger partial charge on any atom is 0.326 e. The van der Waals surface area contributed by atoms with Gasteiger partial charge >= 0.3 is 5.97 Å². The summed E-state index contributed by atoms with van der Waals surface area (Å²) in [6.45, 7) is 0.844. The molecule has 2 saturated heterocycles. The van der Waals surface area contributed by atoms with Crippen LogP contribution in [0.5, 0.6) is 0 Å². The van der Waals surface area contributed by atoms with E-state index < -0.39 is 36.0 Å². The van der Waals surface area contributed by atoms with Gasteiger partial charge in [-0.2, -0.15) is 11.8 Å². The maximum atomic E-state index is 13.6. The quantitative estimate of drug-likeness (QED) is 0.363. The molecule has 0 bridgehead atoms. The highest BCUT2D eigenvalue weighted by Gasteiger charge is 2.43. The number of hydrogen-bond acceptors (Lipinski definition) is 6. The molecule has 4 unspecified atom stereocenters. The number of nitrogens with one attached hydrogen (secondary N) is 2. The van der Waals surface area contributed by atoms with Gasteiger partial charge in [0.2, 0.25) is 17.7 Å². The Morgan fingerprint density at radius 3 is 2.57 bits per heavy atom. The number of nitrogens with zero attached hydrogens (tertiary/aromatic N) is 2. The lowest BCUT2D eigenvalue weighted by Gasteiger charge is -2.32. The van der Waals surface area contributed by atoms with Crippen LogP contribution in [0.4, 0.5) is 0 Å². The molecule has 4 rings (SSSR count). The molecule has 11 heteroatoms. The predicted molar refractivity (Wildman–Crippen MR) is 142 cm³/mol. The molecule has 37 heavy (non-hydrogen) atoms. The van der Waals surface area contributed by atoms with Crippen LogP contribution in [0.25, 0.3) is 10.9 Å². The smallest absolute Gasteiger partial charge is 0.326 e. The third-order valence-electron chi connectivity index (χ3n) is 7.32. The number of aromatic nitrogens is 1. The average molecular weight is 530 g/mol. The van der Waals surface area contributed by atoms with Crippen LogP contribution >= 0.6 is 11.8 Å². The lowest BCUT2D eigenvalue weighted by atomic mass is 10.0. The SMILES string of the molecule is CSCCC(NC(=O)C1CCCN1C(=O)C1CCCN1C(=O)C(N)Cc1c[nH]c2ccccc12)C(=O)O. The normalized spacial score (nSPS) is 21.2. The fourth-order valence-electron chi connectivity index (χ4n) is 5.38. The molecule has 2 aliphatic heterocycles. The number of aliphatic carboxylic acids is 1. The number of carboxylic acids is 1. The van der Waals surface area contributed by atoms with Gasteiger partial charge in [0, 0.05) is 30.2 Å². The molecule has 0 radical (unpaired) electrons. The molecule has 1 aromatic carbocycles. The van der Waals surface area contributed by atoms with E-state index in [4.69, 9.17) is 5.73 Å². The Labute approximate surface area is 220 Å². The summed E-state index contributed by atoms with van der Waals surface area (Å²) in [6, 6.07) is 4.63. The third-order valence-corrected chi connectivity index (χ3v) is 7.96. The van der Waals surface area contributed by atoms with Gasteiger partial charge in [0.15, 0.2) is 0 Å². The second-order valence-corrected chi connectivity index (χ2v) is 10.7. The molecular formula is C26H35N5O5S. The van der Waals surface area contributed by atoms with Crippen LogP contribution in [0.3, 0.4) is 0 Å². The number of hydrogen-bond donors (Lipinski definition) is 4. The van der Waals surface area contributed by atoms with Crippen LogP contribution in [-0.2, 0) is 25.6 Å². The molecule has 2 aromatic rings. The van der Waals surface area contributed by atoms with E-state index >= 15 is 0 Å². The Kier molecular flexibility index (Phi) is 8.75. The number of likely N-dealkylation sites (tertiary alicyclic amines) is 2. The number of carbonyl (C=O) groups excluding carboxylic acids is 3. The standard InChI is InChI=1S/C26H35N5O5S/c1-37-13-10-20(26(35)36)29-23(32)21-8-4-11-30(21)25(34)22-9-5-12-31(22)24(33)18(27)14-16-15-28-19-7-3-2-6-17(16)19/h2-3,6-7,15,18,20-22,28H,4-5,8-14,27H2,1H3,(H,29,32)(H,35,36). The number of carboxylic acid groups (broad SMARTS) is 1. The van der Waals surface area contributed by atoms with Crippen LogP contribution < -0.4 is 11.1 Å². The van der Waals surface area contributed by atoms with Gasteiger partial charge in [-0.05, 0) is 62.2 Å². The first kappa shape index (κ1) is 27.0. The van der Waals surface area contributed by atoms with Crippen LogP contribution in [0, 0.1) is 0 Å². The van der Waals surface area contributed by atoms with Crippen molar-refractivity contribution in [3.05, 3.63) is 36.0 Å². The van der Waals surface area contributed by atoms with Crippen molar-refractivity contribution in [1.82, 2.24) is 20.1 Å². The third kappa shape index (κ3) is 5.93. The first-order valence-corrected chi connectivity index (χ1v) is 14.1. The molecule has 2 aliphatic rings. The van der Waals surface area contributed by atoms with E-state index in [-0.39, 0.29) is 11.8 Å². The van der Waals surface area contributed by atoms with Gasteiger partial charge in [0.05, 0.1) is 6.04 Å². The van der Waals surface area contributed by atoms with E-state index in [9.17, 15) is 24.3 Å². The van der Waals surface area contributed by atoms with E-state index in [1.165, 1.54) is 16.7 Å². The molecule has 4 atom stereocenters. The molecule has 3 amide bonds. The summed E-state index contributed by atoms with van der Waals surface area (Å²) in [6.07, 6.45) is 6.70. The zero-order chi connectivity index (χ0) is 26.5. The average Bonchev–Trinajstić information content (AvgIpc) is 3.65. The number of benzene rings is 1. The van der Waals surface area contributed by atoms with Gasteiger partial charge in [0.25, 0.3) is 0 Å². The van der Waals surface area contributed by atoms with E-state index in [1.807, 2.05) is 36.7 Å². The number of para-hydroxylation sites is 1. The molecule has 10 nitrogen and oxygen atoms in total. The number of thioether (sulfide) groups is 1. The number of nitrogens with two attached hydrogens (primary N) is 1. The first-order chi connectivity index (χ1) is 17.8. The Morgan fingerprint density at radius 1 is 1.14 bits per heavy atom. The summed E-state index contributed by atoms with van der Waals surface area (Å²) in [5.74, 6) is -1.48. The maximum absolute atomic E-state index is 13.6. The van der Waals surface area contributed by atoms with Gasteiger partial charge < -0.3 is 30.9 Å². The van der Waals surface area contributed by atoms with E-state index in [0.29, 0.717) is 57.4 Å². The Balaban J connectivity index is 1.41. The van der Waals surface area contributed by atoms with Crippen LogP contribution in [0.15, 0.2) is 30.5 Å². The zero-order valence-corrected chi connectivity index (χ0v) is 21.8. The number of rotatable bonds is 10. The lowest BCUT2D eigenvalue weighted by molar-refractivity contribution is -0.148. The Morgan fingerprint density at radius 2 is 1.84 bits per heavy atom. The van der Waals surface area contributed by atoms with Gasteiger partial charge in [0.1, 0.15) is 18.1 Å². The molecule has 5 N–H and O–H groups in total. The zero-order valence-electron chi connectivity index (χ0n) is 21.0. The minimum atomic E-state index is -1.09. The summed E-state index contributed by atoms with van der Waals surface area (Å²) >= 11 is 1.51. The number of fused-ring (bicyclic) bond motifs is 1. The molecule has 0 saturated carbocycles. The fraction of sp³-hybridized carbons (Fsp3) is 0.538. The second kappa shape index (κ2) is 12.0. The summed E-state index contributed by atoms with van der Waals surface area (Å²) in [4.78, 5) is 57.8. The molecule has 0 aliphatic carbocycles. The molecule has 0 spiro atoms. The highest BCUT2D eigenvalue weighted by molar-refractivity contribution is 7.98. The first-order valence-electron chi connectivity index (χ1n) is 12.8. The summed E-state index contributed by atoms with van der Waals surface area (Å²) in [5, 5.41) is 13.1. The van der Waals surface area contributed by atoms with Crippen molar-refractivity contribution in [3.63, 3.8) is 0 Å². The lowest BCUT2D eigenvalue weighted by Crippen LogP contribution is -2.56. The van der Waals surface area contributed by atoms with Gasteiger partial charge in [-0.15, -0.1) is 0 Å². The molecule has 3 heterocycles. The molecule has 1 aromatic heterocycles. The Hall–Kier alpha value is -3.05. The van der Waals surface area contributed by atoms with Crippen molar-refractivity contribution in [3.8, 4) is 0 Å². The number of aromatic amines is 1. The van der Waals surface area contributed by atoms with Crippen molar-refractivity contribution in [2.45, 2.75) is 62.7 Å². The number of amides is 3. The van der Waals surface area contributed by atoms with Crippen LogP contribution in [-0.4, -0.2) is 92.8 Å². The molecule has 200 valence electrons. The van der Waals surface area contributed by atoms with Gasteiger partial charge in [-0.25, -0.2) is 4.79 Å². The second-order valence-electron chi connectivity index (χ2n) is 9.73. The monoisotopic (exact) mass is 529 g/mol. The van der Waals surface area contributed by atoms with Gasteiger partial charge in [-0.1, -0.05) is 18.2 Å². The van der Waals surface area contributed by atoms with Crippen molar-refractivity contribution in [1.29, 1.82) is 0 Å². The van der Waals surface area contributed by atoms with Crippen LogP contribution in [0.2, 0.25) is 0 Å². The molecular weight excluding hydrogens is 494 g/mol. The largest absolute Gasteiger partial charge is 0.480 e. The predicted octanol–water partition coefficient (Wildman–Crippen LogP) is 1.34. The molecule has 2 fully saturated rings. The van der Waals surface area contributed by atoms with E-state index in [1.54, 1.807) is 4.90 Å². The summed E-state index contributed by atoms with van der Waals surface area (Å²) in [7, 11) is 0. The minimum absolute atomic E-state index is 0.265. The van der Waals surface area contributed by atoms with Crippen molar-refractivity contribution >= 4 is 46.4 Å². The van der Waals surface area contributed by atoms with E-state index in [0.717, 1.165) is 16.5 Å². The minimum Gasteiger partial charge on any atom is -0.480 e. The number of H-pyrrole nitrogens is 1. The van der Waals surface area contributed by atoms with E-state index in [2.05, 4.69) is 10.3 Å². The summed E-state index contributed by atoms with van der Waals surface area (Å²) in [5.41, 5.74) is 8.27. The highest BCUT2D eigenvalue weighted by atomic mass is 32.2. The van der Waals surface area contributed by atoms with Crippen LogP contribution in [0.1, 0.15) is 37.7 Å². The fourth-order valence-corrected chi connectivity index (χ4v) is 5.85. The van der Waals surface area contributed by atoms with Gasteiger partial charge in [-0.3, -0.25) is 14.4 Å². The number of carbonyl (C=O) groups is 4. The van der Waals surface area contributed by atoms with Crippen molar-refractivity contribution in [2.75, 3.05) is 25.1 Å².